The lowest BCUT2D eigenvalue weighted by Crippen LogP contribution is -2.64. The summed E-state index contributed by atoms with van der Waals surface area (Å²) in [6.07, 6.45) is 12.2. The normalized spacial score (nSPS) is 29.5. The van der Waals surface area contributed by atoms with Crippen LogP contribution in [-0.2, 0) is 28.7 Å². The van der Waals surface area contributed by atoms with E-state index in [1.165, 1.54) is 0 Å². The predicted molar refractivity (Wildman–Crippen MR) is 113 cm³/mol. The highest BCUT2D eigenvalue weighted by molar-refractivity contribution is 5.94. The van der Waals surface area contributed by atoms with E-state index in [1.807, 2.05) is 13.0 Å². The Kier molecular flexibility index (Phi) is 9.15. The molecule has 9 heteroatoms. The van der Waals surface area contributed by atoms with Gasteiger partial charge in [-0.05, 0) is 58.3 Å². The Morgan fingerprint density at radius 2 is 1.47 bits per heavy atom. The van der Waals surface area contributed by atoms with E-state index in [0.29, 0.717) is 6.42 Å². The highest BCUT2D eigenvalue weighted by Crippen LogP contribution is 2.51. The van der Waals surface area contributed by atoms with Crippen molar-refractivity contribution in [3.8, 4) is 0 Å². The molecule has 2 saturated heterocycles. The number of aliphatic carboxylic acids is 3. The van der Waals surface area contributed by atoms with Gasteiger partial charge in [-0.15, -0.1) is 0 Å². The van der Waals surface area contributed by atoms with Crippen LogP contribution in [0.5, 0.6) is 0 Å². The molecule has 32 heavy (non-hydrogen) atoms. The molecule has 2 fully saturated rings. The molecule has 0 aromatic heterocycles. The molecule has 0 aromatic carbocycles. The van der Waals surface area contributed by atoms with Crippen molar-refractivity contribution in [2.24, 2.45) is 5.92 Å². The number of unbranched alkanes of at least 4 members (excludes halogenated alkanes) is 5. The number of ether oxygens (including phenoxy) is 2. The van der Waals surface area contributed by atoms with E-state index in [4.69, 9.17) is 9.47 Å². The first-order valence-electron chi connectivity index (χ1n) is 11.1. The number of rotatable bonds is 14. The standard InChI is InChI=1S/C23H32O9/c1-2-3-4-5-6-7-8-9-10-11-12-13-16(24)23-15-14-22(32-23,21(29)30)17(19(25)26)18(31-23)20(27)28/h2-3,8-9,17-18H,4-7,10-15H2,1H3,(H,25,26)(H,27,28)(H,29,30). The van der Waals surface area contributed by atoms with Crippen LogP contribution in [0, 0.1) is 5.92 Å². The summed E-state index contributed by atoms with van der Waals surface area (Å²) in [5.74, 6) is -9.44. The smallest absolute Gasteiger partial charge is 0.337 e. The number of carbonyl (C=O) groups is 4. The van der Waals surface area contributed by atoms with Gasteiger partial charge in [-0.25, -0.2) is 9.59 Å². The van der Waals surface area contributed by atoms with Gasteiger partial charge >= 0.3 is 17.9 Å². The second-order valence-corrected chi connectivity index (χ2v) is 8.24. The van der Waals surface area contributed by atoms with Gasteiger partial charge in [-0.3, -0.25) is 9.59 Å². The number of carboxylic acids is 3. The van der Waals surface area contributed by atoms with Crippen molar-refractivity contribution in [2.45, 2.75) is 88.6 Å². The van der Waals surface area contributed by atoms with Gasteiger partial charge in [0.25, 0.3) is 0 Å². The van der Waals surface area contributed by atoms with E-state index in [0.717, 1.165) is 38.5 Å². The van der Waals surface area contributed by atoms with Gasteiger partial charge in [-0.2, -0.15) is 0 Å². The molecule has 4 atom stereocenters. The topological polar surface area (TPSA) is 147 Å². The molecule has 0 radical (unpaired) electrons. The van der Waals surface area contributed by atoms with Crippen molar-refractivity contribution >= 4 is 23.7 Å². The molecule has 3 N–H and O–H groups in total. The summed E-state index contributed by atoms with van der Waals surface area (Å²) in [6, 6.07) is 0. The summed E-state index contributed by atoms with van der Waals surface area (Å²) in [7, 11) is 0. The zero-order valence-corrected chi connectivity index (χ0v) is 18.3. The fourth-order valence-electron chi connectivity index (χ4n) is 4.30. The summed E-state index contributed by atoms with van der Waals surface area (Å²) in [4.78, 5) is 48.0. The second kappa shape index (κ2) is 11.4. The molecular weight excluding hydrogens is 420 g/mol. The summed E-state index contributed by atoms with van der Waals surface area (Å²) in [5.41, 5.74) is -2.31. The van der Waals surface area contributed by atoms with Gasteiger partial charge in [0.15, 0.2) is 17.5 Å². The fourth-order valence-corrected chi connectivity index (χ4v) is 4.30. The van der Waals surface area contributed by atoms with Crippen molar-refractivity contribution in [1.82, 2.24) is 0 Å². The van der Waals surface area contributed by atoms with E-state index in [-0.39, 0.29) is 19.3 Å². The number of allylic oxidation sites excluding steroid dienone is 4. The maximum absolute atomic E-state index is 12.8. The van der Waals surface area contributed by atoms with E-state index in [9.17, 15) is 34.5 Å². The lowest BCUT2D eigenvalue weighted by Gasteiger charge is -2.43. The zero-order chi connectivity index (χ0) is 23.8. The van der Waals surface area contributed by atoms with Crippen LogP contribution in [0.4, 0.5) is 0 Å². The second-order valence-electron chi connectivity index (χ2n) is 8.24. The molecule has 4 unspecified atom stereocenters. The quantitative estimate of drug-likeness (QED) is 0.267. The molecule has 178 valence electrons. The van der Waals surface area contributed by atoms with Crippen molar-refractivity contribution in [3.63, 3.8) is 0 Å². The average molecular weight is 453 g/mol. The Morgan fingerprint density at radius 1 is 0.875 bits per heavy atom. The highest BCUT2D eigenvalue weighted by Gasteiger charge is 2.71. The van der Waals surface area contributed by atoms with Crippen molar-refractivity contribution < 1.29 is 44.0 Å². The van der Waals surface area contributed by atoms with Crippen LogP contribution in [0.1, 0.15) is 71.1 Å². The molecule has 0 amide bonds. The monoisotopic (exact) mass is 452 g/mol. The number of carboxylic acid groups (broad SMARTS) is 3. The first-order valence-corrected chi connectivity index (χ1v) is 11.1. The third kappa shape index (κ3) is 5.63. The summed E-state index contributed by atoms with van der Waals surface area (Å²) in [6.45, 7) is 2.00. The zero-order valence-electron chi connectivity index (χ0n) is 18.3. The van der Waals surface area contributed by atoms with E-state index in [2.05, 4.69) is 18.2 Å². The first kappa shape index (κ1) is 25.7. The number of hydrogen-bond donors (Lipinski definition) is 3. The molecule has 2 bridgehead atoms. The van der Waals surface area contributed by atoms with Gasteiger partial charge in [0, 0.05) is 12.8 Å². The van der Waals surface area contributed by atoms with Gasteiger partial charge in [0.1, 0.15) is 5.92 Å². The van der Waals surface area contributed by atoms with Crippen LogP contribution in [0.2, 0.25) is 0 Å². The molecule has 9 nitrogen and oxygen atoms in total. The molecule has 0 aliphatic carbocycles. The lowest BCUT2D eigenvalue weighted by atomic mass is 9.81. The van der Waals surface area contributed by atoms with Crippen LogP contribution in [0.15, 0.2) is 24.3 Å². The summed E-state index contributed by atoms with van der Waals surface area (Å²) >= 11 is 0. The Balaban J connectivity index is 1.90. The van der Waals surface area contributed by atoms with Gasteiger partial charge in [0.05, 0.1) is 0 Å². The number of ketones is 1. The van der Waals surface area contributed by atoms with Crippen molar-refractivity contribution in [2.75, 3.05) is 0 Å². The average Bonchev–Trinajstić information content (AvgIpc) is 3.06. The Labute approximate surface area is 187 Å². The number of carbonyl (C=O) groups excluding carboxylic acids is 1. The molecule has 0 aromatic rings. The van der Waals surface area contributed by atoms with Crippen LogP contribution >= 0.6 is 0 Å². The SMILES string of the molecule is CC=CCCCCC=CCCCCC(=O)C12CCC(C(=O)O)(O1)C(C(=O)O)C(C(=O)O)O2. The number of fused-ring (bicyclic) bond motifs is 2. The Morgan fingerprint density at radius 3 is 2.00 bits per heavy atom. The lowest BCUT2D eigenvalue weighted by molar-refractivity contribution is -0.310. The minimum absolute atomic E-state index is 0.0248. The highest BCUT2D eigenvalue weighted by atomic mass is 16.7. The maximum atomic E-state index is 12.8. The molecule has 2 heterocycles. The van der Waals surface area contributed by atoms with Gasteiger partial charge in [-0.1, -0.05) is 24.3 Å². The van der Waals surface area contributed by atoms with Crippen LogP contribution in [0.3, 0.4) is 0 Å². The summed E-state index contributed by atoms with van der Waals surface area (Å²) < 4.78 is 10.8. The number of Topliss-reactive ketones (excluding diaryl/α,β-unsaturated/α-hetero) is 1. The van der Waals surface area contributed by atoms with Gasteiger partial charge in [0.2, 0.25) is 5.79 Å². The summed E-state index contributed by atoms with van der Waals surface area (Å²) in [5, 5.41) is 28.5. The minimum Gasteiger partial charge on any atom is -0.481 e. The first-order chi connectivity index (χ1) is 15.2. The van der Waals surface area contributed by atoms with E-state index < -0.39 is 47.1 Å². The largest absolute Gasteiger partial charge is 0.481 e. The van der Waals surface area contributed by atoms with E-state index in [1.54, 1.807) is 0 Å². The third-order valence-electron chi connectivity index (χ3n) is 6.01. The van der Waals surface area contributed by atoms with Crippen molar-refractivity contribution in [3.05, 3.63) is 24.3 Å². The van der Waals surface area contributed by atoms with Gasteiger partial charge < -0.3 is 24.8 Å². The fraction of sp³-hybridized carbons (Fsp3) is 0.652. The number of hydrogen-bond acceptors (Lipinski definition) is 6. The minimum atomic E-state index is -2.31. The predicted octanol–water partition coefficient (Wildman–Crippen LogP) is 3.32. The maximum Gasteiger partial charge on any atom is 0.337 e. The van der Waals surface area contributed by atoms with Crippen LogP contribution in [0.25, 0.3) is 0 Å². The molecule has 2 rings (SSSR count). The third-order valence-corrected chi connectivity index (χ3v) is 6.01. The van der Waals surface area contributed by atoms with E-state index >= 15 is 0 Å². The molecule has 2 aliphatic heterocycles. The van der Waals surface area contributed by atoms with Crippen molar-refractivity contribution in [1.29, 1.82) is 0 Å². The van der Waals surface area contributed by atoms with Crippen LogP contribution in [-0.4, -0.2) is 56.5 Å². The Bertz CT molecular complexity index is 771. The molecule has 0 spiro atoms. The molecule has 0 saturated carbocycles. The molecular formula is C23H32O9. The van der Waals surface area contributed by atoms with Crippen LogP contribution < -0.4 is 0 Å². The Hall–Kier alpha value is -2.52. The molecule has 2 aliphatic rings.